The number of halogens is 1. The van der Waals surface area contributed by atoms with Crippen LogP contribution in [0.4, 0.5) is 0 Å². The molecule has 13 heavy (non-hydrogen) atoms. The number of hydrogen-bond donors (Lipinski definition) is 1. The zero-order chi connectivity index (χ0) is 9.90. The standard InChI is InChI=1S/C10H11BrOS/c1-10(13)5-2-3-8(4-6-10)9(12)7-11/h2-6,13H,7H2,1H3. The highest BCUT2D eigenvalue weighted by Gasteiger charge is 2.13. The van der Waals surface area contributed by atoms with E-state index in [2.05, 4.69) is 28.6 Å². The molecule has 0 aromatic rings. The minimum absolute atomic E-state index is 0.0898. The molecule has 1 rings (SSSR count). The first-order valence-electron chi connectivity index (χ1n) is 3.95. The van der Waals surface area contributed by atoms with Gasteiger partial charge in [0.1, 0.15) is 0 Å². The molecule has 0 heterocycles. The first-order chi connectivity index (χ1) is 6.05. The first-order valence-corrected chi connectivity index (χ1v) is 5.52. The third-order valence-corrected chi connectivity index (χ3v) is 2.56. The molecular formula is C10H11BrOS. The minimum Gasteiger partial charge on any atom is -0.293 e. The van der Waals surface area contributed by atoms with Gasteiger partial charge in [-0.3, -0.25) is 4.79 Å². The molecule has 70 valence electrons. The second-order valence-corrected chi connectivity index (χ2v) is 4.62. The van der Waals surface area contributed by atoms with Crippen LogP contribution < -0.4 is 0 Å². The molecule has 0 aromatic carbocycles. The zero-order valence-corrected chi connectivity index (χ0v) is 9.81. The number of alkyl halides is 1. The van der Waals surface area contributed by atoms with Crippen LogP contribution in [0, 0.1) is 0 Å². The molecule has 1 aliphatic rings. The molecule has 0 N–H and O–H groups in total. The van der Waals surface area contributed by atoms with Gasteiger partial charge in [0, 0.05) is 10.3 Å². The lowest BCUT2D eigenvalue weighted by atomic mass is 10.1. The molecule has 0 radical (unpaired) electrons. The molecule has 0 bridgehead atoms. The summed E-state index contributed by atoms with van der Waals surface area (Å²) >= 11 is 7.53. The van der Waals surface area contributed by atoms with Gasteiger partial charge in [-0.1, -0.05) is 46.3 Å². The number of Topliss-reactive ketones (excluding diaryl/α,β-unsaturated/α-hetero) is 1. The minimum atomic E-state index is -0.259. The molecule has 1 nitrogen and oxygen atoms in total. The van der Waals surface area contributed by atoms with E-state index in [0.717, 1.165) is 0 Å². The Balaban J connectivity index is 2.89. The Morgan fingerprint density at radius 1 is 1.62 bits per heavy atom. The second-order valence-electron chi connectivity index (χ2n) is 3.10. The third kappa shape index (κ3) is 3.16. The van der Waals surface area contributed by atoms with E-state index in [1.807, 2.05) is 37.3 Å². The van der Waals surface area contributed by atoms with Gasteiger partial charge in [-0.05, 0) is 6.92 Å². The Hall–Kier alpha value is -0.280. The Kier molecular flexibility index (Phi) is 3.56. The highest BCUT2D eigenvalue weighted by molar-refractivity contribution is 9.09. The van der Waals surface area contributed by atoms with Crippen LogP contribution in [0.5, 0.6) is 0 Å². The van der Waals surface area contributed by atoms with E-state index in [4.69, 9.17) is 0 Å². The molecule has 0 saturated heterocycles. The smallest absolute Gasteiger partial charge is 0.173 e. The molecular weight excluding hydrogens is 248 g/mol. The summed E-state index contributed by atoms with van der Waals surface area (Å²) in [5, 5.41) is 0.361. The molecule has 1 unspecified atom stereocenters. The van der Waals surface area contributed by atoms with E-state index in [9.17, 15) is 4.79 Å². The van der Waals surface area contributed by atoms with Gasteiger partial charge in [0.25, 0.3) is 0 Å². The fraction of sp³-hybridized carbons (Fsp3) is 0.300. The highest BCUT2D eigenvalue weighted by Crippen LogP contribution is 2.21. The molecule has 0 aromatic heterocycles. The van der Waals surface area contributed by atoms with E-state index in [1.165, 1.54) is 0 Å². The number of ketones is 1. The van der Waals surface area contributed by atoms with E-state index < -0.39 is 0 Å². The van der Waals surface area contributed by atoms with Gasteiger partial charge in [-0.25, -0.2) is 0 Å². The van der Waals surface area contributed by atoms with Gasteiger partial charge in [-0.15, -0.1) is 0 Å². The van der Waals surface area contributed by atoms with Crippen molar-refractivity contribution in [3.63, 3.8) is 0 Å². The van der Waals surface area contributed by atoms with Crippen LogP contribution >= 0.6 is 28.6 Å². The number of rotatable bonds is 2. The normalized spacial score (nSPS) is 26.8. The van der Waals surface area contributed by atoms with Crippen molar-refractivity contribution in [3.05, 3.63) is 36.0 Å². The number of carbonyl (C=O) groups excluding carboxylic acids is 1. The lowest BCUT2D eigenvalue weighted by Crippen LogP contribution is -2.07. The van der Waals surface area contributed by atoms with Crippen LogP contribution in [0.25, 0.3) is 0 Å². The highest BCUT2D eigenvalue weighted by atomic mass is 79.9. The summed E-state index contributed by atoms with van der Waals surface area (Å²) in [6.45, 7) is 1.97. The first kappa shape index (κ1) is 10.8. The topological polar surface area (TPSA) is 17.1 Å². The van der Waals surface area contributed by atoms with Crippen molar-refractivity contribution in [2.75, 3.05) is 5.33 Å². The summed E-state index contributed by atoms with van der Waals surface area (Å²) in [6, 6.07) is 0. The lowest BCUT2D eigenvalue weighted by Gasteiger charge is -2.11. The predicted molar refractivity (Wildman–Crippen MR) is 62.6 cm³/mol. The third-order valence-electron chi connectivity index (χ3n) is 1.75. The van der Waals surface area contributed by atoms with E-state index in [-0.39, 0.29) is 10.5 Å². The summed E-state index contributed by atoms with van der Waals surface area (Å²) < 4.78 is -0.259. The molecule has 0 spiro atoms. The quantitative estimate of drug-likeness (QED) is 0.596. The van der Waals surface area contributed by atoms with Crippen molar-refractivity contribution in [2.45, 2.75) is 11.7 Å². The van der Waals surface area contributed by atoms with Crippen molar-refractivity contribution < 1.29 is 4.79 Å². The largest absolute Gasteiger partial charge is 0.293 e. The van der Waals surface area contributed by atoms with E-state index in [1.54, 1.807) is 0 Å². The van der Waals surface area contributed by atoms with Crippen molar-refractivity contribution in [1.29, 1.82) is 0 Å². The van der Waals surface area contributed by atoms with Crippen LogP contribution in [0.15, 0.2) is 36.0 Å². The van der Waals surface area contributed by atoms with Crippen molar-refractivity contribution in [3.8, 4) is 0 Å². The van der Waals surface area contributed by atoms with Gasteiger partial charge in [0.2, 0.25) is 0 Å². The van der Waals surface area contributed by atoms with Crippen LogP contribution in [0.2, 0.25) is 0 Å². The second kappa shape index (κ2) is 4.29. The monoisotopic (exact) mass is 258 g/mol. The van der Waals surface area contributed by atoms with Gasteiger partial charge in [0.05, 0.1) is 5.33 Å². The van der Waals surface area contributed by atoms with Crippen LogP contribution in [0.3, 0.4) is 0 Å². The number of hydrogen-bond acceptors (Lipinski definition) is 2. The molecule has 1 aliphatic carbocycles. The Bertz CT molecular complexity index is 300. The maximum absolute atomic E-state index is 11.3. The van der Waals surface area contributed by atoms with Crippen LogP contribution in [0.1, 0.15) is 6.92 Å². The molecule has 0 amide bonds. The number of thiol groups is 1. The van der Waals surface area contributed by atoms with Crippen LogP contribution in [-0.4, -0.2) is 15.9 Å². The average Bonchev–Trinajstić information content (AvgIpc) is 2.25. The SMILES string of the molecule is CC1(S)C=CC=C(C(=O)CBr)C=C1. The Morgan fingerprint density at radius 2 is 2.31 bits per heavy atom. The van der Waals surface area contributed by atoms with E-state index >= 15 is 0 Å². The molecule has 1 atom stereocenters. The predicted octanol–water partition coefficient (Wildman–Crippen LogP) is 2.69. The fourth-order valence-corrected chi connectivity index (χ4v) is 1.46. The van der Waals surface area contributed by atoms with Crippen LogP contribution in [-0.2, 0) is 4.79 Å². The lowest BCUT2D eigenvalue weighted by molar-refractivity contribution is -0.112. The number of allylic oxidation sites excluding steroid dienone is 4. The number of carbonyl (C=O) groups is 1. The van der Waals surface area contributed by atoms with Gasteiger partial charge >= 0.3 is 0 Å². The average molecular weight is 259 g/mol. The summed E-state index contributed by atoms with van der Waals surface area (Å²) in [5.41, 5.74) is 0.714. The molecule has 0 aliphatic heterocycles. The summed E-state index contributed by atoms with van der Waals surface area (Å²) in [6.07, 6.45) is 9.34. The summed E-state index contributed by atoms with van der Waals surface area (Å²) in [7, 11) is 0. The maximum Gasteiger partial charge on any atom is 0.173 e. The molecule has 0 fully saturated rings. The van der Waals surface area contributed by atoms with Crippen molar-refractivity contribution in [2.24, 2.45) is 0 Å². The zero-order valence-electron chi connectivity index (χ0n) is 7.33. The maximum atomic E-state index is 11.3. The van der Waals surface area contributed by atoms with Crippen molar-refractivity contribution in [1.82, 2.24) is 0 Å². The molecule has 3 heteroatoms. The van der Waals surface area contributed by atoms with Gasteiger partial charge < -0.3 is 0 Å². The summed E-state index contributed by atoms with van der Waals surface area (Å²) in [5.74, 6) is 0.0898. The van der Waals surface area contributed by atoms with Crippen molar-refractivity contribution >= 4 is 34.3 Å². The van der Waals surface area contributed by atoms with E-state index in [0.29, 0.717) is 10.9 Å². The Morgan fingerprint density at radius 3 is 2.92 bits per heavy atom. The molecule has 0 saturated carbocycles. The Labute approximate surface area is 92.1 Å². The summed E-state index contributed by atoms with van der Waals surface area (Å²) in [4.78, 5) is 11.3. The van der Waals surface area contributed by atoms with Gasteiger partial charge in [-0.2, -0.15) is 12.6 Å². The van der Waals surface area contributed by atoms with Gasteiger partial charge in [0.15, 0.2) is 5.78 Å². The fourth-order valence-electron chi connectivity index (χ4n) is 0.979.